The minimum atomic E-state index is 0.393. The summed E-state index contributed by atoms with van der Waals surface area (Å²) in [4.78, 5) is 11.7. The first-order chi connectivity index (χ1) is 8.74. The number of para-hydroxylation sites is 1. The monoisotopic (exact) mass is 278 g/mol. The molecule has 0 N–H and O–H groups in total. The predicted molar refractivity (Wildman–Crippen MR) is 75.1 cm³/mol. The van der Waals surface area contributed by atoms with Crippen LogP contribution in [-0.2, 0) is 0 Å². The number of hydrogen-bond acceptors (Lipinski definition) is 3. The number of halogens is 1. The highest BCUT2D eigenvalue weighted by atomic mass is 35.5. The molecule has 18 heavy (non-hydrogen) atoms. The number of aldehydes is 1. The first kappa shape index (κ1) is 13.0. The van der Waals surface area contributed by atoms with E-state index in [-0.39, 0.29) is 0 Å². The van der Waals surface area contributed by atoms with E-state index in [1.807, 2.05) is 30.5 Å². The number of carbonyl (C=O) groups excluding carboxylic acids is 1. The Morgan fingerprint density at radius 3 is 2.67 bits per heavy atom. The summed E-state index contributed by atoms with van der Waals surface area (Å²) in [6.45, 7) is 0. The summed E-state index contributed by atoms with van der Waals surface area (Å²) in [5.74, 6) is 1.40. The number of carbonyl (C=O) groups is 1. The molecule has 0 unspecified atom stereocenters. The van der Waals surface area contributed by atoms with E-state index < -0.39 is 0 Å². The van der Waals surface area contributed by atoms with Crippen LogP contribution in [0.25, 0.3) is 0 Å². The van der Waals surface area contributed by atoms with Crippen molar-refractivity contribution in [3.8, 4) is 11.5 Å². The molecule has 0 aliphatic rings. The van der Waals surface area contributed by atoms with Gasteiger partial charge in [-0.05, 0) is 30.5 Å². The molecule has 0 spiro atoms. The van der Waals surface area contributed by atoms with Gasteiger partial charge in [-0.2, -0.15) is 0 Å². The molecule has 0 amide bonds. The van der Waals surface area contributed by atoms with Crippen molar-refractivity contribution < 1.29 is 9.53 Å². The van der Waals surface area contributed by atoms with Crippen LogP contribution in [0.4, 0.5) is 0 Å². The van der Waals surface area contributed by atoms with E-state index in [2.05, 4.69) is 0 Å². The van der Waals surface area contributed by atoms with E-state index in [1.165, 1.54) is 0 Å². The van der Waals surface area contributed by atoms with Crippen LogP contribution in [0.5, 0.6) is 11.5 Å². The summed E-state index contributed by atoms with van der Waals surface area (Å²) < 4.78 is 5.76. The third-order valence-corrected chi connectivity index (χ3v) is 3.50. The lowest BCUT2D eigenvalue weighted by atomic mass is 10.2. The van der Waals surface area contributed by atoms with Crippen molar-refractivity contribution in [1.29, 1.82) is 0 Å². The third-order valence-electron chi connectivity index (χ3n) is 2.40. The maximum atomic E-state index is 10.7. The van der Waals surface area contributed by atoms with Crippen LogP contribution in [0.2, 0.25) is 5.02 Å². The van der Waals surface area contributed by atoms with Gasteiger partial charge < -0.3 is 4.74 Å². The highest BCUT2D eigenvalue weighted by Crippen LogP contribution is 2.32. The van der Waals surface area contributed by atoms with Gasteiger partial charge in [0.25, 0.3) is 0 Å². The standard InChI is InChI=1S/C14H11ClO2S/c1-18-14-5-3-2-4-13(14)17-11-7-6-10(9-16)12(15)8-11/h2-9H,1H3. The second-order valence-electron chi connectivity index (χ2n) is 3.55. The van der Waals surface area contributed by atoms with Crippen molar-refractivity contribution in [2.45, 2.75) is 4.90 Å². The van der Waals surface area contributed by atoms with E-state index in [4.69, 9.17) is 16.3 Å². The van der Waals surface area contributed by atoms with E-state index in [0.29, 0.717) is 16.3 Å². The molecular weight excluding hydrogens is 268 g/mol. The lowest BCUT2D eigenvalue weighted by molar-refractivity contribution is 0.112. The second kappa shape index (κ2) is 5.94. The lowest BCUT2D eigenvalue weighted by Crippen LogP contribution is -1.88. The Hall–Kier alpha value is -1.45. The van der Waals surface area contributed by atoms with E-state index in [0.717, 1.165) is 16.9 Å². The minimum Gasteiger partial charge on any atom is -0.456 e. The normalized spacial score (nSPS) is 10.1. The SMILES string of the molecule is CSc1ccccc1Oc1ccc(C=O)c(Cl)c1. The van der Waals surface area contributed by atoms with Gasteiger partial charge >= 0.3 is 0 Å². The Morgan fingerprint density at radius 1 is 1.22 bits per heavy atom. The molecule has 0 fully saturated rings. The summed E-state index contributed by atoms with van der Waals surface area (Å²) in [6, 6.07) is 12.8. The van der Waals surface area contributed by atoms with Crippen LogP contribution in [-0.4, -0.2) is 12.5 Å². The average Bonchev–Trinajstić information content (AvgIpc) is 2.39. The van der Waals surface area contributed by atoms with Crippen molar-refractivity contribution in [3.05, 3.63) is 53.1 Å². The van der Waals surface area contributed by atoms with Gasteiger partial charge in [-0.15, -0.1) is 11.8 Å². The molecule has 4 heteroatoms. The van der Waals surface area contributed by atoms with Crippen molar-refractivity contribution in [2.75, 3.05) is 6.26 Å². The summed E-state index contributed by atoms with van der Waals surface area (Å²) in [6.07, 6.45) is 2.71. The fourth-order valence-corrected chi connectivity index (χ4v) is 2.24. The molecule has 2 aromatic carbocycles. The predicted octanol–water partition coefficient (Wildman–Crippen LogP) is 4.67. The largest absolute Gasteiger partial charge is 0.456 e. The molecule has 0 heterocycles. The van der Waals surface area contributed by atoms with Crippen molar-refractivity contribution in [3.63, 3.8) is 0 Å². The Balaban J connectivity index is 2.28. The molecule has 0 aliphatic carbocycles. The van der Waals surface area contributed by atoms with Gasteiger partial charge in [-0.25, -0.2) is 0 Å². The van der Waals surface area contributed by atoms with Crippen molar-refractivity contribution >= 4 is 29.6 Å². The molecule has 0 aliphatic heterocycles. The zero-order chi connectivity index (χ0) is 13.0. The molecule has 92 valence electrons. The van der Waals surface area contributed by atoms with Crippen LogP contribution in [0.1, 0.15) is 10.4 Å². The Morgan fingerprint density at radius 2 is 2.00 bits per heavy atom. The van der Waals surface area contributed by atoms with Crippen LogP contribution < -0.4 is 4.74 Å². The van der Waals surface area contributed by atoms with E-state index >= 15 is 0 Å². The quantitative estimate of drug-likeness (QED) is 0.601. The molecule has 2 aromatic rings. The van der Waals surface area contributed by atoms with Crippen LogP contribution in [0.15, 0.2) is 47.4 Å². The Bertz CT molecular complexity index is 569. The Kier molecular flexibility index (Phi) is 4.28. The molecule has 2 rings (SSSR count). The lowest BCUT2D eigenvalue weighted by Gasteiger charge is -2.10. The highest BCUT2D eigenvalue weighted by Gasteiger charge is 2.05. The molecule has 0 atom stereocenters. The average molecular weight is 279 g/mol. The second-order valence-corrected chi connectivity index (χ2v) is 4.81. The molecule has 0 aromatic heterocycles. The molecular formula is C14H11ClO2S. The first-order valence-electron chi connectivity index (χ1n) is 5.30. The van der Waals surface area contributed by atoms with Crippen LogP contribution in [0, 0.1) is 0 Å². The zero-order valence-corrected chi connectivity index (χ0v) is 11.3. The number of ether oxygens (including phenoxy) is 1. The molecule has 0 saturated heterocycles. The molecule has 0 bridgehead atoms. The van der Waals surface area contributed by atoms with Crippen LogP contribution >= 0.6 is 23.4 Å². The van der Waals surface area contributed by atoms with Crippen molar-refractivity contribution in [1.82, 2.24) is 0 Å². The number of hydrogen-bond donors (Lipinski definition) is 0. The summed E-state index contributed by atoms with van der Waals surface area (Å²) in [7, 11) is 0. The van der Waals surface area contributed by atoms with Crippen LogP contribution in [0.3, 0.4) is 0 Å². The topological polar surface area (TPSA) is 26.3 Å². The van der Waals surface area contributed by atoms with E-state index in [9.17, 15) is 4.79 Å². The van der Waals surface area contributed by atoms with Crippen molar-refractivity contribution in [2.24, 2.45) is 0 Å². The van der Waals surface area contributed by atoms with Gasteiger partial charge in [0.15, 0.2) is 6.29 Å². The number of benzene rings is 2. The van der Waals surface area contributed by atoms with Gasteiger partial charge in [0, 0.05) is 16.5 Å². The van der Waals surface area contributed by atoms with Gasteiger partial charge in [0.1, 0.15) is 11.5 Å². The molecule has 0 radical (unpaired) electrons. The smallest absolute Gasteiger partial charge is 0.151 e. The Labute approximate surface area is 115 Å². The van der Waals surface area contributed by atoms with Gasteiger partial charge in [-0.3, -0.25) is 4.79 Å². The molecule has 2 nitrogen and oxygen atoms in total. The third kappa shape index (κ3) is 2.86. The maximum absolute atomic E-state index is 10.7. The summed E-state index contributed by atoms with van der Waals surface area (Å²) in [5, 5.41) is 0.393. The van der Waals surface area contributed by atoms with Gasteiger partial charge in [-0.1, -0.05) is 23.7 Å². The maximum Gasteiger partial charge on any atom is 0.151 e. The number of rotatable bonds is 4. The first-order valence-corrected chi connectivity index (χ1v) is 6.90. The van der Waals surface area contributed by atoms with Gasteiger partial charge in [0.2, 0.25) is 0 Å². The summed E-state index contributed by atoms with van der Waals surface area (Å²) >= 11 is 7.57. The fourth-order valence-electron chi connectivity index (χ4n) is 1.50. The molecule has 0 saturated carbocycles. The highest BCUT2D eigenvalue weighted by molar-refractivity contribution is 7.98. The summed E-state index contributed by atoms with van der Waals surface area (Å²) in [5.41, 5.74) is 0.460. The minimum absolute atomic E-state index is 0.393. The number of thioether (sulfide) groups is 1. The van der Waals surface area contributed by atoms with Gasteiger partial charge in [0.05, 0.1) is 5.02 Å². The fraction of sp³-hybridized carbons (Fsp3) is 0.0714. The zero-order valence-electron chi connectivity index (χ0n) is 9.72. The van der Waals surface area contributed by atoms with E-state index in [1.54, 1.807) is 30.0 Å².